The predicted octanol–water partition coefficient (Wildman–Crippen LogP) is 2.57. The Labute approximate surface area is 195 Å². The first-order valence-corrected chi connectivity index (χ1v) is 11.4. The van der Waals surface area contributed by atoms with Crippen molar-refractivity contribution in [3.63, 3.8) is 0 Å². The van der Waals surface area contributed by atoms with Gasteiger partial charge in [-0.1, -0.05) is 35.6 Å². The van der Waals surface area contributed by atoms with Gasteiger partial charge in [0.25, 0.3) is 5.56 Å². The van der Waals surface area contributed by atoms with Crippen LogP contribution in [0.5, 0.6) is 5.75 Å². The number of rotatable bonds is 5. The first-order chi connectivity index (χ1) is 15.8. The first-order valence-electron chi connectivity index (χ1n) is 10.6. The van der Waals surface area contributed by atoms with E-state index in [-0.39, 0.29) is 17.9 Å². The van der Waals surface area contributed by atoms with Gasteiger partial charge in [0.15, 0.2) is 4.80 Å². The molecule has 1 aliphatic heterocycles. The van der Waals surface area contributed by atoms with E-state index in [1.165, 1.54) is 11.3 Å². The molecule has 170 valence electrons. The van der Waals surface area contributed by atoms with Crippen LogP contribution in [0.1, 0.15) is 31.0 Å². The zero-order valence-corrected chi connectivity index (χ0v) is 19.7. The molecule has 0 saturated heterocycles. The quantitative estimate of drug-likeness (QED) is 0.588. The summed E-state index contributed by atoms with van der Waals surface area (Å²) in [6, 6.07) is 13.8. The Morgan fingerprint density at radius 2 is 1.97 bits per heavy atom. The van der Waals surface area contributed by atoms with Crippen molar-refractivity contribution in [2.45, 2.75) is 19.9 Å². The Bertz CT molecular complexity index is 1420. The van der Waals surface area contributed by atoms with Crippen molar-refractivity contribution in [1.82, 2.24) is 4.57 Å². The molecule has 0 amide bonds. The van der Waals surface area contributed by atoms with E-state index in [9.17, 15) is 14.7 Å². The molecule has 0 aliphatic carbocycles. The van der Waals surface area contributed by atoms with E-state index < -0.39 is 12.0 Å². The second kappa shape index (κ2) is 9.07. The molecular formula is C25H25N3O4S. The fourth-order valence-electron chi connectivity index (χ4n) is 3.83. The van der Waals surface area contributed by atoms with Gasteiger partial charge in [0.1, 0.15) is 5.75 Å². The summed E-state index contributed by atoms with van der Waals surface area (Å²) in [5.41, 5.74) is 3.13. The van der Waals surface area contributed by atoms with Gasteiger partial charge >= 0.3 is 5.97 Å². The van der Waals surface area contributed by atoms with E-state index in [1.807, 2.05) is 49.3 Å². The number of ether oxygens (including phenoxy) is 1. The van der Waals surface area contributed by atoms with Crippen LogP contribution in [0.3, 0.4) is 0 Å². The Kier molecular flexibility index (Phi) is 6.20. The highest BCUT2D eigenvalue weighted by atomic mass is 32.1. The number of carbonyl (C=O) groups excluding carboxylic acids is 1. The molecule has 1 aromatic heterocycles. The van der Waals surface area contributed by atoms with Gasteiger partial charge in [0.05, 0.1) is 28.5 Å². The summed E-state index contributed by atoms with van der Waals surface area (Å²) in [5.74, 6) is -0.362. The molecule has 0 saturated carbocycles. The Hall–Kier alpha value is -3.65. The SMILES string of the molecule is CCOC(=O)C1=C(C)N=c2sc(=Cc3cccc(O)c3)c(=O)n2C1c1ccc(N(C)C)cc1. The number of phenolic OH excluding ortho intramolecular Hbond substituents is 1. The summed E-state index contributed by atoms with van der Waals surface area (Å²) in [6.07, 6.45) is 1.72. The average molecular weight is 464 g/mol. The number of thiazole rings is 1. The van der Waals surface area contributed by atoms with Gasteiger partial charge < -0.3 is 14.7 Å². The van der Waals surface area contributed by atoms with Gasteiger partial charge in [0.2, 0.25) is 0 Å². The maximum atomic E-state index is 13.5. The number of aromatic nitrogens is 1. The summed E-state index contributed by atoms with van der Waals surface area (Å²) in [4.78, 5) is 33.5. The fourth-order valence-corrected chi connectivity index (χ4v) is 4.87. The van der Waals surface area contributed by atoms with Crippen molar-refractivity contribution in [1.29, 1.82) is 0 Å². The highest BCUT2D eigenvalue weighted by molar-refractivity contribution is 7.07. The van der Waals surface area contributed by atoms with Crippen LogP contribution in [-0.2, 0) is 9.53 Å². The van der Waals surface area contributed by atoms with E-state index in [1.54, 1.807) is 42.7 Å². The lowest BCUT2D eigenvalue weighted by Gasteiger charge is -2.25. The number of esters is 1. The van der Waals surface area contributed by atoms with Crippen molar-refractivity contribution < 1.29 is 14.6 Å². The van der Waals surface area contributed by atoms with Crippen molar-refractivity contribution in [2.24, 2.45) is 4.99 Å². The molecule has 0 bridgehead atoms. The second-order valence-electron chi connectivity index (χ2n) is 7.88. The topological polar surface area (TPSA) is 84.1 Å². The van der Waals surface area contributed by atoms with Gasteiger partial charge in [-0.2, -0.15) is 0 Å². The van der Waals surface area contributed by atoms with Crippen molar-refractivity contribution in [3.8, 4) is 5.75 Å². The minimum atomic E-state index is -0.650. The van der Waals surface area contributed by atoms with Gasteiger partial charge in [0, 0.05) is 19.8 Å². The average Bonchev–Trinajstić information content (AvgIpc) is 3.07. The summed E-state index contributed by atoms with van der Waals surface area (Å²) < 4.78 is 7.35. The molecule has 1 unspecified atom stereocenters. The largest absolute Gasteiger partial charge is 0.508 e. The number of carbonyl (C=O) groups is 1. The number of nitrogens with zero attached hydrogens (tertiary/aromatic N) is 3. The first kappa shape index (κ1) is 22.5. The van der Waals surface area contributed by atoms with E-state index in [0.717, 1.165) is 11.3 Å². The van der Waals surface area contributed by atoms with E-state index in [2.05, 4.69) is 4.99 Å². The molecule has 8 heteroatoms. The Morgan fingerprint density at radius 3 is 2.61 bits per heavy atom. The molecule has 0 fully saturated rings. The van der Waals surface area contributed by atoms with E-state index >= 15 is 0 Å². The molecule has 1 atom stereocenters. The van der Waals surface area contributed by atoms with Gasteiger partial charge in [-0.3, -0.25) is 9.36 Å². The van der Waals surface area contributed by atoms with E-state index in [0.29, 0.717) is 26.2 Å². The molecule has 7 nitrogen and oxygen atoms in total. The van der Waals surface area contributed by atoms with Crippen LogP contribution in [0.4, 0.5) is 5.69 Å². The molecule has 1 aliphatic rings. The number of hydrogen-bond donors (Lipinski definition) is 1. The lowest BCUT2D eigenvalue weighted by atomic mass is 9.95. The third-order valence-corrected chi connectivity index (χ3v) is 6.39. The molecule has 4 rings (SSSR count). The maximum Gasteiger partial charge on any atom is 0.338 e. The molecule has 2 heterocycles. The number of aromatic hydroxyl groups is 1. The number of fused-ring (bicyclic) bond motifs is 1. The fraction of sp³-hybridized carbons (Fsp3) is 0.240. The van der Waals surface area contributed by atoms with Crippen LogP contribution in [-0.4, -0.2) is 36.3 Å². The van der Waals surface area contributed by atoms with Crippen molar-refractivity contribution in [2.75, 3.05) is 25.6 Å². The normalized spacial score (nSPS) is 15.8. The molecule has 33 heavy (non-hydrogen) atoms. The van der Waals surface area contributed by atoms with Crippen LogP contribution in [0, 0.1) is 0 Å². The zero-order valence-electron chi connectivity index (χ0n) is 18.9. The molecule has 1 N–H and O–H groups in total. The van der Waals surface area contributed by atoms with Crippen molar-refractivity contribution in [3.05, 3.63) is 90.6 Å². The van der Waals surface area contributed by atoms with Crippen LogP contribution < -0.4 is 19.8 Å². The van der Waals surface area contributed by atoms with Crippen molar-refractivity contribution >= 4 is 29.1 Å². The summed E-state index contributed by atoms with van der Waals surface area (Å²) in [5, 5.41) is 9.78. The van der Waals surface area contributed by atoms with Crippen LogP contribution in [0.15, 0.2) is 69.6 Å². The number of hydrogen-bond acceptors (Lipinski definition) is 7. The van der Waals surface area contributed by atoms with Gasteiger partial charge in [-0.15, -0.1) is 0 Å². The Morgan fingerprint density at radius 1 is 1.24 bits per heavy atom. The summed E-state index contributed by atoms with van der Waals surface area (Å²) >= 11 is 1.25. The Balaban J connectivity index is 1.94. The highest BCUT2D eigenvalue weighted by Crippen LogP contribution is 2.31. The highest BCUT2D eigenvalue weighted by Gasteiger charge is 2.33. The second-order valence-corrected chi connectivity index (χ2v) is 8.89. The van der Waals surface area contributed by atoms with Crippen LogP contribution in [0.2, 0.25) is 0 Å². The number of allylic oxidation sites excluding steroid dienone is 1. The summed E-state index contributed by atoms with van der Waals surface area (Å²) in [7, 11) is 3.90. The smallest absolute Gasteiger partial charge is 0.338 e. The third-order valence-electron chi connectivity index (χ3n) is 5.41. The zero-order chi connectivity index (χ0) is 23.7. The minimum absolute atomic E-state index is 0.121. The standard InChI is InChI=1S/C25H25N3O4S/c1-5-32-24(31)21-15(2)26-25-28(22(21)17-9-11-18(12-10-17)27(3)4)23(30)20(33-25)14-16-7-6-8-19(29)13-16/h6-14,22,29H,5H2,1-4H3. The summed E-state index contributed by atoms with van der Waals surface area (Å²) in [6.45, 7) is 3.74. The number of benzene rings is 2. The van der Waals surface area contributed by atoms with Crippen LogP contribution in [0.25, 0.3) is 6.08 Å². The molecule has 3 aromatic rings. The molecule has 2 aromatic carbocycles. The predicted molar refractivity (Wildman–Crippen MR) is 129 cm³/mol. The molecular weight excluding hydrogens is 438 g/mol. The lowest BCUT2D eigenvalue weighted by Crippen LogP contribution is -2.39. The maximum absolute atomic E-state index is 13.5. The van der Waals surface area contributed by atoms with E-state index in [4.69, 9.17) is 4.74 Å². The monoisotopic (exact) mass is 463 g/mol. The molecule has 0 radical (unpaired) electrons. The van der Waals surface area contributed by atoms with Gasteiger partial charge in [-0.25, -0.2) is 9.79 Å². The van der Waals surface area contributed by atoms with Gasteiger partial charge in [-0.05, 0) is 55.3 Å². The number of anilines is 1. The lowest BCUT2D eigenvalue weighted by molar-refractivity contribution is -0.139. The minimum Gasteiger partial charge on any atom is -0.508 e. The molecule has 0 spiro atoms. The van der Waals surface area contributed by atoms with Crippen LogP contribution >= 0.6 is 11.3 Å². The third kappa shape index (κ3) is 4.34. The number of phenols is 1.